The maximum Gasteiger partial charge on any atom is 0.330 e. The molecular formula is C12H20O2. The molecule has 2 nitrogen and oxygen atoms in total. The van der Waals surface area contributed by atoms with Crippen molar-refractivity contribution in [3.63, 3.8) is 0 Å². The summed E-state index contributed by atoms with van der Waals surface area (Å²) in [7, 11) is 0. The summed E-state index contributed by atoms with van der Waals surface area (Å²) < 4.78 is 4.81. The highest BCUT2D eigenvalue weighted by atomic mass is 16.5. The highest BCUT2D eigenvalue weighted by Gasteiger charge is 1.96. The maximum atomic E-state index is 11.0. The smallest absolute Gasteiger partial charge is 0.330 e. The molecule has 0 unspecified atom stereocenters. The fraction of sp³-hybridized carbons (Fsp3) is 0.583. The molecule has 0 aliphatic heterocycles. The van der Waals surface area contributed by atoms with Crippen LogP contribution in [-0.4, -0.2) is 12.6 Å². The van der Waals surface area contributed by atoms with Crippen LogP contribution in [0.3, 0.4) is 0 Å². The Hall–Kier alpha value is -1.05. The zero-order valence-corrected chi connectivity index (χ0v) is 9.38. The van der Waals surface area contributed by atoms with Crippen molar-refractivity contribution < 1.29 is 9.53 Å². The highest BCUT2D eigenvalue weighted by Crippen LogP contribution is 2.05. The van der Waals surface area contributed by atoms with Crippen LogP contribution >= 0.6 is 0 Å². The average Bonchev–Trinajstić information content (AvgIpc) is 2.13. The Morgan fingerprint density at radius 2 is 2.00 bits per heavy atom. The number of hydrogen-bond donors (Lipinski definition) is 0. The summed E-state index contributed by atoms with van der Waals surface area (Å²) in [4.78, 5) is 11.0. The normalized spacial score (nSPS) is 12.1. The Labute approximate surface area is 86.6 Å². The van der Waals surface area contributed by atoms with E-state index in [9.17, 15) is 4.79 Å². The molecule has 0 N–H and O–H groups in total. The molecule has 0 atom stereocenters. The summed E-state index contributed by atoms with van der Waals surface area (Å²) in [5.74, 6) is -0.232. The van der Waals surface area contributed by atoms with Crippen LogP contribution in [0.4, 0.5) is 0 Å². The fourth-order valence-electron chi connectivity index (χ4n) is 1.05. The van der Waals surface area contributed by atoms with Crippen molar-refractivity contribution in [1.82, 2.24) is 0 Å². The van der Waals surface area contributed by atoms with E-state index < -0.39 is 0 Å². The van der Waals surface area contributed by atoms with Gasteiger partial charge in [-0.15, -0.1) is 0 Å². The molecule has 0 saturated heterocycles. The van der Waals surface area contributed by atoms with E-state index in [0.717, 1.165) is 24.8 Å². The second kappa shape index (κ2) is 8.54. The van der Waals surface area contributed by atoms with Crippen LogP contribution in [-0.2, 0) is 9.53 Å². The molecule has 0 saturated carbocycles. The van der Waals surface area contributed by atoms with Gasteiger partial charge in [0, 0.05) is 6.08 Å². The van der Waals surface area contributed by atoms with E-state index in [1.165, 1.54) is 0 Å². The monoisotopic (exact) mass is 196 g/mol. The van der Waals surface area contributed by atoms with Crippen molar-refractivity contribution in [2.45, 2.75) is 40.0 Å². The molecule has 14 heavy (non-hydrogen) atoms. The molecule has 0 rings (SSSR count). The van der Waals surface area contributed by atoms with Crippen molar-refractivity contribution in [1.29, 1.82) is 0 Å². The third-order valence-electron chi connectivity index (χ3n) is 1.76. The number of allylic oxidation sites excluding steroid dienone is 3. The molecule has 0 bridgehead atoms. The molecule has 80 valence electrons. The van der Waals surface area contributed by atoms with E-state index in [1.54, 1.807) is 6.08 Å². The minimum absolute atomic E-state index is 0.232. The first kappa shape index (κ1) is 12.9. The lowest BCUT2D eigenvalue weighted by Crippen LogP contribution is -2.00. The summed E-state index contributed by atoms with van der Waals surface area (Å²) in [6.07, 6.45) is 8.84. The molecule has 0 fully saturated rings. The average molecular weight is 196 g/mol. The molecule has 0 aromatic rings. The van der Waals surface area contributed by atoms with Crippen molar-refractivity contribution >= 4 is 5.97 Å². The summed E-state index contributed by atoms with van der Waals surface area (Å²) >= 11 is 0. The van der Waals surface area contributed by atoms with Crippen LogP contribution in [0.5, 0.6) is 0 Å². The van der Waals surface area contributed by atoms with Gasteiger partial charge >= 0.3 is 5.97 Å². The van der Waals surface area contributed by atoms with Crippen molar-refractivity contribution in [2.24, 2.45) is 0 Å². The van der Waals surface area contributed by atoms with E-state index in [-0.39, 0.29) is 5.97 Å². The fourth-order valence-corrected chi connectivity index (χ4v) is 1.05. The van der Waals surface area contributed by atoms with Crippen LogP contribution < -0.4 is 0 Å². The van der Waals surface area contributed by atoms with Crippen LogP contribution in [0.2, 0.25) is 0 Å². The van der Waals surface area contributed by atoms with Gasteiger partial charge in [-0.2, -0.15) is 0 Å². The number of hydrogen-bond acceptors (Lipinski definition) is 2. The summed E-state index contributed by atoms with van der Waals surface area (Å²) in [6.45, 7) is 6.32. The zero-order valence-electron chi connectivity index (χ0n) is 9.38. The highest BCUT2D eigenvalue weighted by molar-refractivity contribution is 5.82. The molecule has 0 heterocycles. The van der Waals surface area contributed by atoms with E-state index in [4.69, 9.17) is 4.74 Å². The minimum Gasteiger partial charge on any atom is -0.463 e. The van der Waals surface area contributed by atoms with Gasteiger partial charge in [-0.05, 0) is 33.1 Å². The summed E-state index contributed by atoms with van der Waals surface area (Å²) in [5.41, 5.74) is 1.07. The van der Waals surface area contributed by atoms with Gasteiger partial charge in [-0.3, -0.25) is 0 Å². The lowest BCUT2D eigenvalue weighted by Gasteiger charge is -1.99. The Bertz CT molecular complexity index is 214. The Kier molecular flexibility index (Phi) is 7.90. The molecular weight excluding hydrogens is 176 g/mol. The second-order valence-corrected chi connectivity index (χ2v) is 3.16. The quantitative estimate of drug-likeness (QED) is 0.370. The largest absolute Gasteiger partial charge is 0.463 e. The van der Waals surface area contributed by atoms with E-state index in [0.29, 0.717) is 6.61 Å². The van der Waals surface area contributed by atoms with Gasteiger partial charge < -0.3 is 4.74 Å². The van der Waals surface area contributed by atoms with Crippen LogP contribution in [0.25, 0.3) is 0 Å². The number of esters is 1. The molecule has 0 aromatic heterocycles. The van der Waals surface area contributed by atoms with Gasteiger partial charge in [-0.25, -0.2) is 4.79 Å². The van der Waals surface area contributed by atoms with Gasteiger partial charge in [0.2, 0.25) is 0 Å². The number of carbonyl (C=O) groups is 1. The molecule has 2 heteroatoms. The van der Waals surface area contributed by atoms with Crippen LogP contribution in [0.1, 0.15) is 40.0 Å². The molecule has 0 aromatic carbocycles. The summed E-state index contributed by atoms with van der Waals surface area (Å²) in [6, 6.07) is 0. The number of rotatable bonds is 6. The van der Waals surface area contributed by atoms with Crippen molar-refractivity contribution in [2.75, 3.05) is 6.61 Å². The minimum atomic E-state index is -0.232. The first-order valence-corrected chi connectivity index (χ1v) is 5.19. The Morgan fingerprint density at radius 1 is 1.29 bits per heavy atom. The SMILES string of the molecule is CCC=CCCC(C)=CC(=O)OCC. The summed E-state index contributed by atoms with van der Waals surface area (Å²) in [5, 5.41) is 0. The lowest BCUT2D eigenvalue weighted by atomic mass is 10.1. The van der Waals surface area contributed by atoms with E-state index >= 15 is 0 Å². The first-order chi connectivity index (χ1) is 6.70. The Balaban J connectivity index is 3.76. The first-order valence-electron chi connectivity index (χ1n) is 5.19. The van der Waals surface area contributed by atoms with Crippen LogP contribution in [0.15, 0.2) is 23.8 Å². The molecule has 0 spiro atoms. The lowest BCUT2D eigenvalue weighted by molar-refractivity contribution is -0.137. The van der Waals surface area contributed by atoms with Crippen molar-refractivity contribution in [3.05, 3.63) is 23.8 Å². The number of carbonyl (C=O) groups excluding carboxylic acids is 1. The van der Waals surface area contributed by atoms with E-state index in [2.05, 4.69) is 19.1 Å². The third kappa shape index (κ3) is 7.59. The predicted octanol–water partition coefficient (Wildman–Crippen LogP) is 3.24. The topological polar surface area (TPSA) is 26.3 Å². The van der Waals surface area contributed by atoms with Gasteiger partial charge in [0.1, 0.15) is 0 Å². The van der Waals surface area contributed by atoms with Gasteiger partial charge in [0.05, 0.1) is 6.61 Å². The molecule has 0 amide bonds. The van der Waals surface area contributed by atoms with Gasteiger partial charge in [-0.1, -0.05) is 24.6 Å². The third-order valence-corrected chi connectivity index (χ3v) is 1.76. The van der Waals surface area contributed by atoms with Crippen molar-refractivity contribution in [3.8, 4) is 0 Å². The molecule has 0 aliphatic carbocycles. The van der Waals surface area contributed by atoms with Gasteiger partial charge in [0.15, 0.2) is 0 Å². The van der Waals surface area contributed by atoms with Gasteiger partial charge in [0.25, 0.3) is 0 Å². The second-order valence-electron chi connectivity index (χ2n) is 3.16. The molecule has 0 radical (unpaired) electrons. The van der Waals surface area contributed by atoms with E-state index in [1.807, 2.05) is 13.8 Å². The molecule has 0 aliphatic rings. The van der Waals surface area contributed by atoms with Crippen LogP contribution in [0, 0.1) is 0 Å². The number of ether oxygens (including phenoxy) is 1. The Morgan fingerprint density at radius 3 is 2.57 bits per heavy atom. The maximum absolute atomic E-state index is 11.0. The zero-order chi connectivity index (χ0) is 10.8. The standard InChI is InChI=1S/C12H20O2/c1-4-6-7-8-9-11(3)10-12(13)14-5-2/h6-7,10H,4-5,8-9H2,1-3H3. The predicted molar refractivity (Wildman–Crippen MR) is 59.1 cm³/mol.